The second-order valence-corrected chi connectivity index (χ2v) is 8.93. The van der Waals surface area contributed by atoms with Gasteiger partial charge in [0, 0.05) is 31.5 Å². The largest absolute Gasteiger partial charge is 0.490 e. The lowest BCUT2D eigenvalue weighted by atomic mass is 9.58. The average molecular weight is 480 g/mol. The van der Waals surface area contributed by atoms with Crippen LogP contribution in [0.1, 0.15) is 30.9 Å². The highest BCUT2D eigenvalue weighted by Gasteiger charge is 2.54. The van der Waals surface area contributed by atoms with Gasteiger partial charge in [-0.1, -0.05) is 42.5 Å². The molecule has 0 spiro atoms. The molecular weight excluding hydrogens is 450 g/mol. The van der Waals surface area contributed by atoms with E-state index in [1.165, 1.54) is 5.56 Å². The molecule has 7 heteroatoms. The molecule has 0 saturated heterocycles. The fraction of sp³-hybridized carbons (Fsp3) is 0.345. The van der Waals surface area contributed by atoms with Crippen molar-refractivity contribution in [1.29, 1.82) is 15.8 Å². The Morgan fingerprint density at radius 1 is 1.00 bits per heavy atom. The average Bonchev–Trinajstić information content (AvgIpc) is 2.90. The zero-order valence-corrected chi connectivity index (χ0v) is 20.6. The van der Waals surface area contributed by atoms with Crippen LogP contribution in [0.2, 0.25) is 0 Å². The van der Waals surface area contributed by atoms with E-state index in [0.29, 0.717) is 44.3 Å². The van der Waals surface area contributed by atoms with Crippen LogP contribution in [0.25, 0.3) is 0 Å². The molecule has 0 unspecified atom stereocenters. The van der Waals surface area contributed by atoms with Gasteiger partial charge in [-0.2, -0.15) is 15.8 Å². The molecule has 1 heterocycles. The van der Waals surface area contributed by atoms with Gasteiger partial charge in [-0.15, -0.1) is 0 Å². The van der Waals surface area contributed by atoms with Gasteiger partial charge in [0.05, 0.1) is 36.6 Å². The number of hydrogen-bond donors (Lipinski definition) is 1. The third-order valence-electron chi connectivity index (χ3n) is 6.92. The Hall–Kier alpha value is -4.25. The van der Waals surface area contributed by atoms with Crippen molar-refractivity contribution >= 4 is 0 Å². The van der Waals surface area contributed by atoms with E-state index in [4.69, 9.17) is 15.2 Å². The van der Waals surface area contributed by atoms with Crippen LogP contribution >= 0.6 is 0 Å². The van der Waals surface area contributed by atoms with Gasteiger partial charge in [-0.05, 0) is 42.7 Å². The molecule has 1 aliphatic carbocycles. The zero-order chi connectivity index (χ0) is 25.7. The Morgan fingerprint density at radius 2 is 1.69 bits per heavy atom. The first-order chi connectivity index (χ1) is 17.5. The highest BCUT2D eigenvalue weighted by molar-refractivity contribution is 5.60. The van der Waals surface area contributed by atoms with E-state index in [-0.39, 0.29) is 17.2 Å². The smallest absolute Gasteiger partial charge is 0.191 e. The van der Waals surface area contributed by atoms with Gasteiger partial charge < -0.3 is 15.2 Å². The quantitative estimate of drug-likeness (QED) is 0.625. The number of rotatable bonds is 7. The van der Waals surface area contributed by atoms with Gasteiger partial charge in [-0.3, -0.25) is 4.90 Å². The summed E-state index contributed by atoms with van der Waals surface area (Å²) in [5.41, 5.74) is 7.75. The Balaban J connectivity index is 1.86. The van der Waals surface area contributed by atoms with Crippen LogP contribution in [0.3, 0.4) is 0 Å². The fourth-order valence-corrected chi connectivity index (χ4v) is 5.35. The second-order valence-electron chi connectivity index (χ2n) is 8.93. The molecule has 2 aromatic carbocycles. The highest BCUT2D eigenvalue weighted by Crippen LogP contribution is 2.55. The predicted octanol–water partition coefficient (Wildman–Crippen LogP) is 4.41. The van der Waals surface area contributed by atoms with Crippen LogP contribution in [0, 0.1) is 45.3 Å². The molecule has 2 aromatic rings. The number of nitrogens with two attached hydrogens (primary N) is 1. The van der Waals surface area contributed by atoms with Crippen LogP contribution < -0.4 is 15.2 Å². The monoisotopic (exact) mass is 479 g/mol. The predicted molar refractivity (Wildman–Crippen MR) is 135 cm³/mol. The third kappa shape index (κ3) is 4.29. The number of allylic oxidation sites excluding steroid dienone is 2. The zero-order valence-electron chi connectivity index (χ0n) is 20.6. The van der Waals surface area contributed by atoms with Crippen molar-refractivity contribution in [2.24, 2.45) is 17.1 Å². The molecule has 4 rings (SSSR count). The topological polar surface area (TPSA) is 119 Å². The van der Waals surface area contributed by atoms with E-state index in [2.05, 4.69) is 35.2 Å². The molecule has 0 bridgehead atoms. The summed E-state index contributed by atoms with van der Waals surface area (Å²) in [6.45, 7) is 6.65. The van der Waals surface area contributed by atoms with E-state index in [1.807, 2.05) is 56.3 Å². The maximum Gasteiger partial charge on any atom is 0.191 e. The fourth-order valence-electron chi connectivity index (χ4n) is 5.35. The SMILES string of the molecule is CCOc1ccc([C@@H]2[C@H]3CN(Cc4ccccc4)CC=C3C(C#N)=C(N)C2(C#N)C#N)cc1OCC. The Kier molecular flexibility index (Phi) is 7.30. The molecule has 0 amide bonds. The van der Waals surface area contributed by atoms with Crippen molar-refractivity contribution in [2.45, 2.75) is 26.3 Å². The summed E-state index contributed by atoms with van der Waals surface area (Å²) in [5.74, 6) is 0.281. The molecule has 7 nitrogen and oxygen atoms in total. The van der Waals surface area contributed by atoms with E-state index < -0.39 is 11.3 Å². The molecule has 0 saturated carbocycles. The summed E-state index contributed by atoms with van der Waals surface area (Å²) < 4.78 is 11.6. The minimum Gasteiger partial charge on any atom is -0.490 e. The molecule has 1 aliphatic heterocycles. The molecule has 2 atom stereocenters. The summed E-state index contributed by atoms with van der Waals surface area (Å²) in [4.78, 5) is 2.27. The minimum atomic E-state index is -1.69. The van der Waals surface area contributed by atoms with Gasteiger partial charge >= 0.3 is 0 Å². The molecule has 0 aromatic heterocycles. The Bertz CT molecular complexity index is 1300. The lowest BCUT2D eigenvalue weighted by Gasteiger charge is -2.45. The van der Waals surface area contributed by atoms with Gasteiger partial charge in [0.1, 0.15) is 6.07 Å². The summed E-state index contributed by atoms with van der Waals surface area (Å²) in [5, 5.41) is 30.7. The van der Waals surface area contributed by atoms with Gasteiger partial charge in [0.25, 0.3) is 0 Å². The Labute approximate surface area is 212 Å². The molecule has 36 heavy (non-hydrogen) atoms. The van der Waals surface area contributed by atoms with E-state index in [9.17, 15) is 15.8 Å². The normalized spacial score (nSPS) is 20.8. The summed E-state index contributed by atoms with van der Waals surface area (Å²) >= 11 is 0. The van der Waals surface area contributed by atoms with Crippen LogP contribution in [-0.4, -0.2) is 31.2 Å². The molecular formula is C29H29N5O2. The third-order valence-corrected chi connectivity index (χ3v) is 6.92. The number of fused-ring (bicyclic) bond motifs is 1. The molecule has 182 valence electrons. The maximum atomic E-state index is 10.4. The van der Waals surface area contributed by atoms with E-state index >= 15 is 0 Å². The van der Waals surface area contributed by atoms with E-state index in [0.717, 1.165) is 11.1 Å². The number of nitrogens with zero attached hydrogens (tertiary/aromatic N) is 4. The van der Waals surface area contributed by atoms with Gasteiger partial charge in [-0.25, -0.2) is 0 Å². The number of hydrogen-bond acceptors (Lipinski definition) is 7. The highest BCUT2D eigenvalue weighted by atomic mass is 16.5. The number of benzene rings is 2. The van der Waals surface area contributed by atoms with Crippen LogP contribution in [0.4, 0.5) is 0 Å². The summed E-state index contributed by atoms with van der Waals surface area (Å²) in [7, 11) is 0. The van der Waals surface area contributed by atoms with Crippen LogP contribution in [0.15, 0.2) is 71.5 Å². The lowest BCUT2D eigenvalue weighted by Crippen LogP contribution is -2.47. The number of ether oxygens (including phenoxy) is 2. The van der Waals surface area contributed by atoms with Crippen molar-refractivity contribution < 1.29 is 9.47 Å². The second kappa shape index (κ2) is 10.6. The molecule has 0 radical (unpaired) electrons. The van der Waals surface area contributed by atoms with Gasteiger partial charge in [0.15, 0.2) is 16.9 Å². The molecule has 0 fully saturated rings. The van der Waals surface area contributed by atoms with Crippen molar-refractivity contribution in [3.8, 4) is 29.7 Å². The van der Waals surface area contributed by atoms with Crippen LogP contribution in [0.5, 0.6) is 11.5 Å². The lowest BCUT2D eigenvalue weighted by molar-refractivity contribution is 0.200. The minimum absolute atomic E-state index is 0.0193. The molecule has 2 aliphatic rings. The first kappa shape index (κ1) is 24.9. The van der Waals surface area contributed by atoms with Crippen LogP contribution in [-0.2, 0) is 6.54 Å². The standard InChI is InChI=1S/C29H29N5O2/c1-3-35-25-11-10-21(14-26(25)36-4-2)27-24-17-34(16-20-8-6-5-7-9-20)13-12-22(24)23(15-30)28(33)29(27,18-31)19-32/h5-12,14,24,27H,3-4,13,16-17,33H2,1-2H3/t24-,27+/m0/s1. The number of nitriles is 3. The summed E-state index contributed by atoms with van der Waals surface area (Å²) in [6.07, 6.45) is 2.02. The first-order valence-corrected chi connectivity index (χ1v) is 12.1. The van der Waals surface area contributed by atoms with Crippen molar-refractivity contribution in [3.05, 3.63) is 82.6 Å². The Morgan fingerprint density at radius 3 is 2.33 bits per heavy atom. The van der Waals surface area contributed by atoms with Crippen molar-refractivity contribution in [1.82, 2.24) is 4.90 Å². The molecule has 2 N–H and O–H groups in total. The maximum absolute atomic E-state index is 10.4. The van der Waals surface area contributed by atoms with E-state index in [1.54, 1.807) is 0 Å². The first-order valence-electron chi connectivity index (χ1n) is 12.1. The van der Waals surface area contributed by atoms with Crippen molar-refractivity contribution in [3.63, 3.8) is 0 Å². The van der Waals surface area contributed by atoms with Gasteiger partial charge in [0.2, 0.25) is 0 Å². The summed E-state index contributed by atoms with van der Waals surface area (Å²) in [6, 6.07) is 22.3. The van der Waals surface area contributed by atoms with Crippen molar-refractivity contribution in [2.75, 3.05) is 26.3 Å².